The van der Waals surface area contributed by atoms with Crippen LogP contribution in [-0.2, 0) is 0 Å². The van der Waals surface area contributed by atoms with Gasteiger partial charge < -0.3 is 21.5 Å². The lowest BCUT2D eigenvalue weighted by Gasteiger charge is -2.19. The lowest BCUT2D eigenvalue weighted by molar-refractivity contribution is -0.0807. The molecular formula is C15H18F3N5O2. The van der Waals surface area contributed by atoms with Gasteiger partial charge in [0.25, 0.3) is 5.91 Å². The molecule has 0 aliphatic carbocycles. The Kier molecular flexibility index (Phi) is 5.99. The lowest BCUT2D eigenvalue weighted by atomic mass is 10.2. The van der Waals surface area contributed by atoms with Gasteiger partial charge in [0.1, 0.15) is 23.9 Å². The maximum atomic E-state index is 13.8. The van der Waals surface area contributed by atoms with Crippen LogP contribution in [0.5, 0.6) is 0 Å². The Bertz CT molecular complexity index is 718. The Hall–Kier alpha value is -2.59. The summed E-state index contributed by atoms with van der Waals surface area (Å²) in [6.07, 6.45) is 1.17. The molecule has 1 amide bonds. The number of carbonyl (C=O) groups is 1. The normalized spacial score (nSPS) is 13.4. The van der Waals surface area contributed by atoms with Crippen molar-refractivity contribution in [3.8, 4) is 5.69 Å². The minimum Gasteiger partial charge on any atom is -0.383 e. The maximum absolute atomic E-state index is 13.8. The smallest absolute Gasteiger partial charge is 0.256 e. The van der Waals surface area contributed by atoms with Crippen molar-refractivity contribution in [3.63, 3.8) is 0 Å². The van der Waals surface area contributed by atoms with E-state index in [1.165, 1.54) is 35.1 Å². The maximum Gasteiger partial charge on any atom is 0.256 e. The van der Waals surface area contributed by atoms with Gasteiger partial charge in [0.2, 0.25) is 5.85 Å². The summed E-state index contributed by atoms with van der Waals surface area (Å²) in [6, 6.07) is 5.28. The molecule has 10 heteroatoms. The quantitative estimate of drug-likeness (QED) is 0.516. The van der Waals surface area contributed by atoms with E-state index in [0.29, 0.717) is 5.69 Å². The molecule has 136 valence electrons. The molecule has 7 nitrogen and oxygen atoms in total. The van der Waals surface area contributed by atoms with Crippen LogP contribution in [-0.4, -0.2) is 53.0 Å². The number of amides is 1. The predicted molar refractivity (Wildman–Crippen MR) is 85.2 cm³/mol. The number of nitrogen functional groups attached to an aromatic ring is 1. The van der Waals surface area contributed by atoms with Gasteiger partial charge in [-0.2, -0.15) is 5.10 Å². The van der Waals surface area contributed by atoms with Crippen molar-refractivity contribution in [2.75, 3.05) is 32.0 Å². The van der Waals surface area contributed by atoms with Crippen LogP contribution in [0.4, 0.5) is 19.0 Å². The van der Waals surface area contributed by atoms with E-state index in [4.69, 9.17) is 5.73 Å². The number of aliphatic hydroxyl groups is 1. The Labute approximate surface area is 141 Å². The number of nitrogens with two attached hydrogens (primary N) is 1. The number of nitrogens with one attached hydrogen (secondary N) is 2. The lowest BCUT2D eigenvalue weighted by Crippen LogP contribution is -2.46. The molecule has 0 aliphatic heterocycles. The number of carbonyl (C=O) groups excluding carboxylic acids is 1. The van der Waals surface area contributed by atoms with E-state index in [9.17, 15) is 23.1 Å². The monoisotopic (exact) mass is 357 g/mol. The third-order valence-corrected chi connectivity index (χ3v) is 3.31. The molecule has 5 N–H and O–H groups in total. The van der Waals surface area contributed by atoms with Gasteiger partial charge in [0.15, 0.2) is 0 Å². The Balaban J connectivity index is 2.02. The molecule has 0 saturated carbocycles. The van der Waals surface area contributed by atoms with Crippen LogP contribution < -0.4 is 16.4 Å². The highest BCUT2D eigenvalue weighted by Crippen LogP contribution is 2.17. The molecule has 1 unspecified atom stereocenters. The number of aromatic nitrogens is 2. The third-order valence-electron chi connectivity index (χ3n) is 3.31. The van der Waals surface area contributed by atoms with Crippen LogP contribution in [0.15, 0.2) is 30.5 Å². The molecule has 25 heavy (non-hydrogen) atoms. The second-order valence-corrected chi connectivity index (χ2v) is 5.30. The summed E-state index contributed by atoms with van der Waals surface area (Å²) in [6.45, 7) is -2.08. The van der Waals surface area contributed by atoms with E-state index in [1.807, 2.05) is 0 Å². The predicted octanol–water partition coefficient (Wildman–Crippen LogP) is 0.541. The summed E-state index contributed by atoms with van der Waals surface area (Å²) >= 11 is 0. The molecule has 1 aromatic carbocycles. The van der Waals surface area contributed by atoms with Gasteiger partial charge >= 0.3 is 0 Å². The Morgan fingerprint density at radius 2 is 2.00 bits per heavy atom. The van der Waals surface area contributed by atoms with Crippen molar-refractivity contribution in [2.24, 2.45) is 0 Å². The van der Waals surface area contributed by atoms with E-state index in [2.05, 4.69) is 15.7 Å². The first kappa shape index (κ1) is 18.7. The zero-order chi connectivity index (χ0) is 18.4. The summed E-state index contributed by atoms with van der Waals surface area (Å²) < 4.78 is 39.9. The zero-order valence-corrected chi connectivity index (χ0v) is 13.2. The molecular weight excluding hydrogens is 339 g/mol. The van der Waals surface area contributed by atoms with E-state index in [0.717, 1.165) is 0 Å². The fourth-order valence-electron chi connectivity index (χ4n) is 2.04. The number of hydrogen-bond donors (Lipinski definition) is 4. The van der Waals surface area contributed by atoms with Crippen LogP contribution in [0.3, 0.4) is 0 Å². The summed E-state index contributed by atoms with van der Waals surface area (Å²) in [5.74, 6) is -3.95. The number of halogens is 3. The number of alkyl halides is 2. The fourth-order valence-corrected chi connectivity index (χ4v) is 2.04. The number of hydrogen-bond acceptors (Lipinski definition) is 5. The van der Waals surface area contributed by atoms with E-state index in [1.54, 1.807) is 0 Å². The van der Waals surface area contributed by atoms with E-state index >= 15 is 0 Å². The SMILES string of the molecule is Nc1c(C(=O)NCC(O)(F)CNCCF)cnn1-c1ccc(F)cc1. The van der Waals surface area contributed by atoms with Crippen molar-refractivity contribution in [2.45, 2.75) is 5.85 Å². The second kappa shape index (κ2) is 7.99. The average molecular weight is 357 g/mol. The highest BCUT2D eigenvalue weighted by atomic mass is 19.2. The molecule has 2 aromatic rings. The summed E-state index contributed by atoms with van der Waals surface area (Å²) in [4.78, 5) is 12.1. The molecule has 1 atom stereocenters. The van der Waals surface area contributed by atoms with Gasteiger partial charge in [0.05, 0.1) is 25.0 Å². The minimum atomic E-state index is -2.74. The van der Waals surface area contributed by atoms with Gasteiger partial charge in [-0.25, -0.2) is 17.9 Å². The summed E-state index contributed by atoms with van der Waals surface area (Å²) in [5.41, 5.74) is 6.26. The minimum absolute atomic E-state index is 0.0259. The van der Waals surface area contributed by atoms with Crippen LogP contribution in [0, 0.1) is 5.82 Å². The topological polar surface area (TPSA) is 105 Å². The Morgan fingerprint density at radius 1 is 1.32 bits per heavy atom. The summed E-state index contributed by atoms with van der Waals surface area (Å²) in [7, 11) is 0. The largest absolute Gasteiger partial charge is 0.383 e. The van der Waals surface area contributed by atoms with Crippen LogP contribution in [0.1, 0.15) is 10.4 Å². The van der Waals surface area contributed by atoms with Crippen LogP contribution in [0.25, 0.3) is 5.69 Å². The van der Waals surface area contributed by atoms with Crippen molar-refractivity contribution in [3.05, 3.63) is 41.8 Å². The molecule has 0 aliphatic rings. The molecule has 1 aromatic heterocycles. The average Bonchev–Trinajstić information content (AvgIpc) is 2.95. The first-order valence-corrected chi connectivity index (χ1v) is 7.39. The fraction of sp³-hybridized carbons (Fsp3) is 0.333. The van der Waals surface area contributed by atoms with Gasteiger partial charge in [-0.1, -0.05) is 0 Å². The van der Waals surface area contributed by atoms with Crippen molar-refractivity contribution in [1.29, 1.82) is 0 Å². The van der Waals surface area contributed by atoms with E-state index in [-0.39, 0.29) is 17.9 Å². The van der Waals surface area contributed by atoms with Gasteiger partial charge in [-0.3, -0.25) is 4.79 Å². The number of rotatable bonds is 8. The highest BCUT2D eigenvalue weighted by Gasteiger charge is 2.27. The molecule has 0 saturated heterocycles. The van der Waals surface area contributed by atoms with Crippen molar-refractivity contribution >= 4 is 11.7 Å². The van der Waals surface area contributed by atoms with Crippen molar-refractivity contribution < 1.29 is 23.1 Å². The number of nitrogens with zero attached hydrogens (tertiary/aromatic N) is 2. The standard InChI is InChI=1S/C15H18F3N5O2/c16-5-6-20-8-15(18,25)9-21-14(24)12-7-22-23(13(12)19)11-3-1-10(17)2-4-11/h1-4,7,20,25H,5-6,8-9,19H2,(H,21,24). The highest BCUT2D eigenvalue weighted by molar-refractivity contribution is 5.98. The second-order valence-electron chi connectivity index (χ2n) is 5.30. The van der Waals surface area contributed by atoms with Gasteiger partial charge in [-0.15, -0.1) is 0 Å². The van der Waals surface area contributed by atoms with Gasteiger partial charge in [0, 0.05) is 6.54 Å². The first-order valence-electron chi connectivity index (χ1n) is 7.39. The molecule has 1 heterocycles. The molecule has 0 radical (unpaired) electrons. The van der Waals surface area contributed by atoms with Crippen molar-refractivity contribution in [1.82, 2.24) is 20.4 Å². The molecule has 0 spiro atoms. The molecule has 0 bridgehead atoms. The third kappa shape index (κ3) is 4.94. The van der Waals surface area contributed by atoms with Crippen LogP contribution >= 0.6 is 0 Å². The number of anilines is 1. The molecule has 2 rings (SSSR count). The van der Waals surface area contributed by atoms with Gasteiger partial charge in [-0.05, 0) is 24.3 Å². The zero-order valence-electron chi connectivity index (χ0n) is 13.2. The first-order chi connectivity index (χ1) is 11.8. The number of benzene rings is 1. The summed E-state index contributed by atoms with van der Waals surface area (Å²) in [5, 5.41) is 17.9. The van der Waals surface area contributed by atoms with E-state index < -0.39 is 37.3 Å². The van der Waals surface area contributed by atoms with Crippen LogP contribution in [0.2, 0.25) is 0 Å². The Morgan fingerprint density at radius 3 is 2.64 bits per heavy atom. The molecule has 0 fully saturated rings.